The Morgan fingerprint density at radius 3 is 2.37 bits per heavy atom. The number of aromatic nitrogens is 2. The predicted molar refractivity (Wildman–Crippen MR) is 93.0 cm³/mol. The number of sulfonamides is 1. The number of hydrogen-bond acceptors (Lipinski definition) is 4. The fourth-order valence-electron chi connectivity index (χ4n) is 2.32. The smallest absolute Gasteiger partial charge is 0.343 e. The van der Waals surface area contributed by atoms with Crippen molar-refractivity contribution in [3.8, 4) is 0 Å². The molecule has 0 aliphatic heterocycles. The third kappa shape index (κ3) is 5.11. The summed E-state index contributed by atoms with van der Waals surface area (Å²) in [4.78, 5) is 14.6. The lowest BCUT2D eigenvalue weighted by Crippen LogP contribution is -2.43. The second-order valence-corrected chi connectivity index (χ2v) is 8.11. The second kappa shape index (κ2) is 7.91. The highest BCUT2D eigenvalue weighted by atomic mass is 32.2. The Bertz CT molecular complexity index is 1060. The van der Waals surface area contributed by atoms with Crippen LogP contribution in [0, 0.1) is 5.82 Å². The average molecular weight is 458 g/mol. The van der Waals surface area contributed by atoms with E-state index in [1.807, 2.05) is 0 Å². The van der Waals surface area contributed by atoms with Crippen molar-refractivity contribution in [1.29, 1.82) is 0 Å². The first kappa shape index (κ1) is 23.7. The number of pyridine rings is 1. The Morgan fingerprint density at radius 1 is 1.23 bits per heavy atom. The number of nitrogens with zero attached hydrogens (tertiary/aromatic N) is 2. The van der Waals surface area contributed by atoms with Crippen LogP contribution in [-0.4, -0.2) is 36.1 Å². The first-order valence-electron chi connectivity index (χ1n) is 8.13. The molecule has 0 saturated heterocycles. The normalized spacial score (nSPS) is 13.9. The third-order valence-electron chi connectivity index (χ3n) is 3.88. The third-order valence-corrected chi connectivity index (χ3v) is 5.41. The Balaban J connectivity index is 2.35. The van der Waals surface area contributed by atoms with Crippen LogP contribution in [0.15, 0.2) is 29.4 Å². The van der Waals surface area contributed by atoms with E-state index in [0.717, 1.165) is 29.9 Å². The van der Waals surface area contributed by atoms with Crippen LogP contribution in [0.4, 0.5) is 32.0 Å². The molecule has 1 unspecified atom stereocenters. The van der Waals surface area contributed by atoms with Crippen LogP contribution in [0.25, 0.3) is 0 Å². The number of aryl methyl sites for hydroxylation is 1. The minimum atomic E-state index is -4.96. The average Bonchev–Trinajstić information content (AvgIpc) is 2.88. The van der Waals surface area contributed by atoms with Crippen molar-refractivity contribution in [2.24, 2.45) is 7.05 Å². The molecule has 2 heterocycles. The van der Waals surface area contributed by atoms with E-state index in [2.05, 4.69) is 10.3 Å². The number of rotatable bonds is 6. The number of carbonyl (C=O) groups excluding carboxylic acids is 1. The Kier molecular flexibility index (Phi) is 6.24. The molecule has 1 atom stereocenters. The van der Waals surface area contributed by atoms with Crippen LogP contribution in [0.2, 0.25) is 0 Å². The summed E-state index contributed by atoms with van der Waals surface area (Å²) in [5.74, 6) is -6.14. The molecule has 0 radical (unpaired) electrons. The number of nitrogens with one attached hydrogen (secondary N) is 2. The Morgan fingerprint density at radius 2 is 1.83 bits per heavy atom. The molecule has 166 valence electrons. The molecule has 2 N–H and O–H groups in total. The highest BCUT2D eigenvalue weighted by Crippen LogP contribution is 2.28. The van der Waals surface area contributed by atoms with Crippen molar-refractivity contribution in [3.63, 3.8) is 0 Å². The number of hydrogen-bond donors (Lipinski definition) is 2. The van der Waals surface area contributed by atoms with Crippen LogP contribution in [0.1, 0.15) is 30.0 Å². The summed E-state index contributed by atoms with van der Waals surface area (Å²) in [7, 11) is -3.88. The van der Waals surface area contributed by atoms with Gasteiger partial charge in [0.05, 0.1) is 0 Å². The van der Waals surface area contributed by atoms with Gasteiger partial charge < -0.3 is 9.88 Å². The van der Waals surface area contributed by atoms with Gasteiger partial charge in [-0.3, -0.25) is 9.78 Å². The van der Waals surface area contributed by atoms with E-state index in [4.69, 9.17) is 0 Å². The highest BCUT2D eigenvalue weighted by Gasteiger charge is 2.40. The van der Waals surface area contributed by atoms with E-state index in [9.17, 15) is 39.6 Å². The maximum atomic E-state index is 14.6. The molecule has 0 bridgehead atoms. The van der Waals surface area contributed by atoms with Gasteiger partial charge in [-0.2, -0.15) is 26.7 Å². The molecule has 2 aromatic rings. The number of alkyl halides is 5. The number of halogens is 6. The maximum Gasteiger partial charge on any atom is 0.404 e. The molecule has 0 aliphatic carbocycles. The van der Waals surface area contributed by atoms with E-state index >= 15 is 0 Å². The maximum absolute atomic E-state index is 14.6. The lowest BCUT2D eigenvalue weighted by atomic mass is 10.2. The minimum absolute atomic E-state index is 0.180. The zero-order valence-corrected chi connectivity index (χ0v) is 16.5. The summed E-state index contributed by atoms with van der Waals surface area (Å²) in [6, 6.07) is -0.536. The fraction of sp³-hybridized carbons (Fsp3) is 0.375. The molecule has 1 amide bonds. The van der Waals surface area contributed by atoms with Crippen molar-refractivity contribution < 1.29 is 39.6 Å². The second-order valence-electron chi connectivity index (χ2n) is 6.42. The lowest BCUT2D eigenvalue weighted by Gasteiger charge is -2.16. The van der Waals surface area contributed by atoms with E-state index in [-0.39, 0.29) is 5.69 Å². The van der Waals surface area contributed by atoms with Gasteiger partial charge in [-0.15, -0.1) is 0 Å². The van der Waals surface area contributed by atoms with Gasteiger partial charge >= 0.3 is 6.18 Å². The van der Waals surface area contributed by atoms with Crippen LogP contribution >= 0.6 is 0 Å². The van der Waals surface area contributed by atoms with Gasteiger partial charge in [0.15, 0.2) is 5.82 Å². The molecule has 14 heteroatoms. The van der Waals surface area contributed by atoms with Gasteiger partial charge in [-0.25, -0.2) is 12.8 Å². The number of amides is 1. The first-order valence-corrected chi connectivity index (χ1v) is 9.62. The van der Waals surface area contributed by atoms with E-state index < -0.39 is 56.2 Å². The molecule has 0 saturated carbocycles. The zero-order valence-electron chi connectivity index (χ0n) is 15.7. The summed E-state index contributed by atoms with van der Waals surface area (Å²) in [5.41, 5.74) is -1.70. The van der Waals surface area contributed by atoms with Crippen LogP contribution in [-0.2, 0) is 23.0 Å². The van der Waals surface area contributed by atoms with Gasteiger partial charge in [0, 0.05) is 32.1 Å². The van der Waals surface area contributed by atoms with Crippen molar-refractivity contribution in [3.05, 3.63) is 41.7 Å². The predicted octanol–water partition coefficient (Wildman–Crippen LogP) is 3.15. The Hall–Kier alpha value is -2.61. The van der Waals surface area contributed by atoms with Crippen LogP contribution in [0.5, 0.6) is 0 Å². The summed E-state index contributed by atoms with van der Waals surface area (Å²) < 4.78 is 105. The molecule has 2 rings (SSSR count). The van der Waals surface area contributed by atoms with Crippen LogP contribution < -0.4 is 10.0 Å². The highest BCUT2D eigenvalue weighted by molar-refractivity contribution is 7.89. The number of carbonyl (C=O) groups is 1. The van der Waals surface area contributed by atoms with Gasteiger partial charge in [0.25, 0.3) is 11.8 Å². The van der Waals surface area contributed by atoms with Crippen molar-refractivity contribution >= 4 is 21.6 Å². The molecule has 30 heavy (non-hydrogen) atoms. The summed E-state index contributed by atoms with van der Waals surface area (Å²) in [6.45, 7) is 1.10. The van der Waals surface area contributed by atoms with Gasteiger partial charge in [0.1, 0.15) is 22.3 Å². The molecular weight excluding hydrogens is 442 g/mol. The summed E-state index contributed by atoms with van der Waals surface area (Å²) >= 11 is 0. The van der Waals surface area contributed by atoms with Crippen molar-refractivity contribution in [2.75, 3.05) is 5.32 Å². The van der Waals surface area contributed by atoms with E-state index in [1.165, 1.54) is 4.72 Å². The standard InChI is InChI=1S/C16H16F6N4O3S/c1-8(16(20,21)22)25-30(28,29)10-7-26(3)13(12(10)17)14(27)24-9-4-5-23-11(6-9)15(2,18)19/h4-8,25H,1-3H3,(H,23,24,27). The van der Waals surface area contributed by atoms with Crippen molar-refractivity contribution in [2.45, 2.75) is 36.9 Å². The van der Waals surface area contributed by atoms with Gasteiger partial charge in [-0.1, -0.05) is 0 Å². The number of anilines is 1. The molecule has 2 aromatic heterocycles. The molecule has 0 fully saturated rings. The molecular formula is C16H16F6N4O3S. The SMILES string of the molecule is CC(NS(=O)(=O)c1cn(C)c(C(=O)Nc2ccnc(C(C)(F)F)c2)c1F)C(F)(F)F. The van der Waals surface area contributed by atoms with Gasteiger partial charge in [0.2, 0.25) is 10.0 Å². The first-order chi connectivity index (χ1) is 13.5. The Labute approximate surface area is 167 Å². The molecule has 7 nitrogen and oxygen atoms in total. The monoisotopic (exact) mass is 458 g/mol. The quantitative estimate of drug-likeness (QED) is 0.651. The van der Waals surface area contributed by atoms with Crippen molar-refractivity contribution in [1.82, 2.24) is 14.3 Å². The topological polar surface area (TPSA) is 93.1 Å². The molecule has 0 aliphatic rings. The molecule has 0 spiro atoms. The minimum Gasteiger partial charge on any atom is -0.343 e. The van der Waals surface area contributed by atoms with Crippen LogP contribution in [0.3, 0.4) is 0 Å². The lowest BCUT2D eigenvalue weighted by molar-refractivity contribution is -0.147. The summed E-state index contributed by atoms with van der Waals surface area (Å²) in [6.07, 6.45) is -3.32. The van der Waals surface area contributed by atoms with E-state index in [0.29, 0.717) is 20.0 Å². The fourth-order valence-corrected chi connectivity index (χ4v) is 3.67. The summed E-state index contributed by atoms with van der Waals surface area (Å²) in [5, 5.41) is 2.11. The van der Waals surface area contributed by atoms with Gasteiger partial charge in [-0.05, 0) is 19.1 Å². The van der Waals surface area contributed by atoms with E-state index in [1.54, 1.807) is 0 Å². The zero-order chi connectivity index (χ0) is 23.1. The largest absolute Gasteiger partial charge is 0.404 e. The molecule has 0 aromatic carbocycles.